The first-order valence-electron chi connectivity index (χ1n) is 7.52. The predicted octanol–water partition coefficient (Wildman–Crippen LogP) is 3.95. The molecule has 1 aromatic carbocycles. The molecule has 0 saturated heterocycles. The highest BCUT2D eigenvalue weighted by molar-refractivity contribution is 5.23. The zero-order valence-corrected chi connectivity index (χ0v) is 11.9. The summed E-state index contributed by atoms with van der Waals surface area (Å²) in [5.41, 5.74) is 9.23. The van der Waals surface area contributed by atoms with E-state index >= 15 is 0 Å². The minimum absolute atomic E-state index is 0.347. The van der Waals surface area contributed by atoms with E-state index in [1.807, 2.05) is 0 Å². The third-order valence-electron chi connectivity index (χ3n) is 4.49. The second kappa shape index (κ2) is 6.38. The molecule has 0 amide bonds. The molecule has 1 aliphatic carbocycles. The first-order chi connectivity index (χ1) is 8.69. The third-order valence-corrected chi connectivity index (χ3v) is 4.49. The molecular weight excluding hydrogens is 218 g/mol. The van der Waals surface area contributed by atoms with Gasteiger partial charge in [-0.05, 0) is 48.6 Å². The summed E-state index contributed by atoms with van der Waals surface area (Å²) in [5, 5.41) is 0. The SMILES string of the molecule is CCc1ccc(CC(N)C2CCCC(C)C2)cc1. The van der Waals surface area contributed by atoms with Crippen molar-refractivity contribution in [2.24, 2.45) is 17.6 Å². The van der Waals surface area contributed by atoms with Crippen molar-refractivity contribution < 1.29 is 0 Å². The molecule has 0 aromatic heterocycles. The van der Waals surface area contributed by atoms with Gasteiger partial charge in [0.1, 0.15) is 0 Å². The molecule has 1 aliphatic rings. The average Bonchev–Trinajstić information content (AvgIpc) is 2.39. The van der Waals surface area contributed by atoms with Gasteiger partial charge in [0.2, 0.25) is 0 Å². The van der Waals surface area contributed by atoms with Crippen molar-refractivity contribution in [2.75, 3.05) is 0 Å². The van der Waals surface area contributed by atoms with Gasteiger partial charge in [0.15, 0.2) is 0 Å². The van der Waals surface area contributed by atoms with Crippen molar-refractivity contribution in [3.8, 4) is 0 Å². The fourth-order valence-electron chi connectivity index (χ4n) is 3.22. The van der Waals surface area contributed by atoms with Gasteiger partial charge in [-0.1, -0.05) is 51.0 Å². The van der Waals surface area contributed by atoms with E-state index in [2.05, 4.69) is 38.1 Å². The van der Waals surface area contributed by atoms with Crippen LogP contribution in [0.4, 0.5) is 0 Å². The van der Waals surface area contributed by atoms with Crippen LogP contribution in [0.5, 0.6) is 0 Å². The van der Waals surface area contributed by atoms with E-state index in [9.17, 15) is 0 Å². The van der Waals surface area contributed by atoms with E-state index in [-0.39, 0.29) is 0 Å². The van der Waals surface area contributed by atoms with E-state index in [1.165, 1.54) is 36.8 Å². The summed E-state index contributed by atoms with van der Waals surface area (Å²) in [5.74, 6) is 1.61. The lowest BCUT2D eigenvalue weighted by atomic mass is 9.77. The second-order valence-corrected chi connectivity index (χ2v) is 6.07. The van der Waals surface area contributed by atoms with Crippen LogP contribution in [0.1, 0.15) is 50.7 Å². The standard InChI is InChI=1S/C17H27N/c1-3-14-7-9-15(10-8-14)12-17(18)16-6-4-5-13(2)11-16/h7-10,13,16-17H,3-6,11-12,18H2,1-2H3. The zero-order valence-electron chi connectivity index (χ0n) is 11.9. The van der Waals surface area contributed by atoms with Gasteiger partial charge in [-0.15, -0.1) is 0 Å². The first kappa shape index (κ1) is 13.6. The quantitative estimate of drug-likeness (QED) is 0.854. The number of benzene rings is 1. The molecule has 1 saturated carbocycles. The number of aryl methyl sites for hydroxylation is 1. The fraction of sp³-hybridized carbons (Fsp3) is 0.647. The summed E-state index contributed by atoms with van der Waals surface area (Å²) in [6, 6.07) is 9.34. The molecule has 1 nitrogen and oxygen atoms in total. The molecule has 0 bridgehead atoms. The highest BCUT2D eigenvalue weighted by Gasteiger charge is 2.24. The Hall–Kier alpha value is -0.820. The highest BCUT2D eigenvalue weighted by Crippen LogP contribution is 2.31. The molecule has 1 fully saturated rings. The summed E-state index contributed by atoms with van der Waals surface area (Å²) in [6.07, 6.45) is 7.59. The maximum atomic E-state index is 6.41. The van der Waals surface area contributed by atoms with Crippen LogP contribution >= 0.6 is 0 Å². The minimum atomic E-state index is 0.347. The van der Waals surface area contributed by atoms with E-state index in [4.69, 9.17) is 5.73 Å². The molecule has 1 heteroatoms. The lowest BCUT2D eigenvalue weighted by Gasteiger charge is -2.31. The molecule has 3 atom stereocenters. The van der Waals surface area contributed by atoms with Crippen LogP contribution in [0.25, 0.3) is 0 Å². The van der Waals surface area contributed by atoms with E-state index in [0.29, 0.717) is 6.04 Å². The highest BCUT2D eigenvalue weighted by atomic mass is 14.7. The summed E-state index contributed by atoms with van der Waals surface area (Å²) >= 11 is 0. The number of nitrogens with two attached hydrogens (primary N) is 1. The molecule has 2 rings (SSSR count). The summed E-state index contributed by atoms with van der Waals surface area (Å²) in [6.45, 7) is 4.57. The van der Waals surface area contributed by atoms with Crippen molar-refractivity contribution in [3.05, 3.63) is 35.4 Å². The van der Waals surface area contributed by atoms with Gasteiger partial charge in [0.25, 0.3) is 0 Å². The molecule has 1 aromatic rings. The third kappa shape index (κ3) is 3.58. The van der Waals surface area contributed by atoms with Crippen LogP contribution in [-0.4, -0.2) is 6.04 Å². The molecule has 3 unspecified atom stereocenters. The Balaban J connectivity index is 1.91. The monoisotopic (exact) mass is 245 g/mol. The van der Waals surface area contributed by atoms with Crippen LogP contribution < -0.4 is 5.73 Å². The van der Waals surface area contributed by atoms with Crippen molar-refractivity contribution in [3.63, 3.8) is 0 Å². The first-order valence-corrected chi connectivity index (χ1v) is 7.52. The largest absolute Gasteiger partial charge is 0.327 e. The topological polar surface area (TPSA) is 26.0 Å². The Bertz CT molecular complexity index is 354. The lowest BCUT2D eigenvalue weighted by Crippen LogP contribution is -2.35. The maximum Gasteiger partial charge on any atom is 0.0108 e. The van der Waals surface area contributed by atoms with E-state index in [0.717, 1.165) is 24.7 Å². The second-order valence-electron chi connectivity index (χ2n) is 6.07. The van der Waals surface area contributed by atoms with Crippen molar-refractivity contribution in [2.45, 2.75) is 58.4 Å². The minimum Gasteiger partial charge on any atom is -0.327 e. The Morgan fingerprint density at radius 3 is 2.44 bits per heavy atom. The van der Waals surface area contributed by atoms with Gasteiger partial charge in [-0.25, -0.2) is 0 Å². The van der Waals surface area contributed by atoms with Crippen LogP contribution in [0.3, 0.4) is 0 Å². The van der Waals surface area contributed by atoms with Gasteiger partial charge in [0.05, 0.1) is 0 Å². The Labute approximate surface area is 112 Å². The zero-order chi connectivity index (χ0) is 13.0. The fourth-order valence-corrected chi connectivity index (χ4v) is 3.22. The van der Waals surface area contributed by atoms with Crippen LogP contribution in [-0.2, 0) is 12.8 Å². The number of hydrogen-bond acceptors (Lipinski definition) is 1. The smallest absolute Gasteiger partial charge is 0.0108 e. The average molecular weight is 245 g/mol. The lowest BCUT2D eigenvalue weighted by molar-refractivity contribution is 0.245. The van der Waals surface area contributed by atoms with Crippen LogP contribution in [0, 0.1) is 11.8 Å². The van der Waals surface area contributed by atoms with E-state index < -0.39 is 0 Å². The van der Waals surface area contributed by atoms with Crippen molar-refractivity contribution in [1.82, 2.24) is 0 Å². The van der Waals surface area contributed by atoms with Gasteiger partial charge < -0.3 is 5.73 Å². The molecule has 0 spiro atoms. The summed E-state index contributed by atoms with van der Waals surface area (Å²) < 4.78 is 0. The van der Waals surface area contributed by atoms with E-state index in [1.54, 1.807) is 0 Å². The van der Waals surface area contributed by atoms with Crippen LogP contribution in [0.2, 0.25) is 0 Å². The molecule has 2 N–H and O–H groups in total. The van der Waals surface area contributed by atoms with Gasteiger partial charge in [-0.2, -0.15) is 0 Å². The molecule has 18 heavy (non-hydrogen) atoms. The Morgan fingerprint density at radius 1 is 1.17 bits per heavy atom. The molecular formula is C17H27N. The molecule has 100 valence electrons. The molecule has 0 heterocycles. The van der Waals surface area contributed by atoms with Crippen molar-refractivity contribution in [1.29, 1.82) is 0 Å². The van der Waals surface area contributed by atoms with Gasteiger partial charge in [0, 0.05) is 6.04 Å². The maximum absolute atomic E-state index is 6.41. The van der Waals surface area contributed by atoms with Gasteiger partial charge >= 0.3 is 0 Å². The predicted molar refractivity (Wildman–Crippen MR) is 78.6 cm³/mol. The van der Waals surface area contributed by atoms with Gasteiger partial charge in [-0.3, -0.25) is 0 Å². The normalized spacial score (nSPS) is 25.9. The molecule has 0 aliphatic heterocycles. The summed E-state index contributed by atoms with van der Waals surface area (Å²) in [4.78, 5) is 0. The number of rotatable bonds is 4. The Kier molecular flexibility index (Phi) is 4.82. The number of hydrogen-bond donors (Lipinski definition) is 1. The van der Waals surface area contributed by atoms with Crippen LogP contribution in [0.15, 0.2) is 24.3 Å². The van der Waals surface area contributed by atoms with Crippen molar-refractivity contribution >= 4 is 0 Å². The molecule has 0 radical (unpaired) electrons. The summed E-state index contributed by atoms with van der Waals surface area (Å²) in [7, 11) is 0. The Morgan fingerprint density at radius 2 is 1.83 bits per heavy atom.